The van der Waals surface area contributed by atoms with Crippen molar-refractivity contribution in [2.75, 3.05) is 33.2 Å². The summed E-state index contributed by atoms with van der Waals surface area (Å²) in [7, 11) is 2.05. The van der Waals surface area contributed by atoms with E-state index in [4.69, 9.17) is 4.52 Å². The molecule has 2 aromatic carbocycles. The lowest BCUT2D eigenvalue weighted by Gasteiger charge is -2.32. The first kappa shape index (κ1) is 26.0. The molecule has 40 heavy (non-hydrogen) atoms. The molecule has 1 fully saturated rings. The number of aromatic amines is 1. The molecule has 0 atom stereocenters. The summed E-state index contributed by atoms with van der Waals surface area (Å²) < 4.78 is 47.2. The van der Waals surface area contributed by atoms with Crippen LogP contribution in [0.1, 0.15) is 39.2 Å². The first-order valence-electron chi connectivity index (χ1n) is 13.0. The van der Waals surface area contributed by atoms with E-state index in [0.29, 0.717) is 40.2 Å². The van der Waals surface area contributed by atoms with Crippen molar-refractivity contribution in [2.45, 2.75) is 26.1 Å². The third-order valence-corrected chi connectivity index (χ3v) is 7.32. The molecule has 1 N–H and O–H groups in total. The number of nitrogens with zero attached hydrogens (tertiary/aromatic N) is 5. The predicted molar refractivity (Wildman–Crippen MR) is 146 cm³/mol. The smallest absolute Gasteiger partial charge is 0.355 e. The highest BCUT2D eigenvalue weighted by atomic mass is 19.4. The second-order valence-corrected chi connectivity index (χ2v) is 10.3. The molecule has 0 aliphatic carbocycles. The Labute approximate surface area is 229 Å². The third-order valence-electron chi connectivity index (χ3n) is 7.32. The van der Waals surface area contributed by atoms with Gasteiger partial charge in [-0.15, -0.1) is 0 Å². The van der Waals surface area contributed by atoms with E-state index < -0.39 is 11.7 Å². The van der Waals surface area contributed by atoms with Gasteiger partial charge >= 0.3 is 6.18 Å². The van der Waals surface area contributed by atoms with Gasteiger partial charge in [0.05, 0.1) is 34.7 Å². The molecule has 10 heteroatoms. The molecule has 1 saturated heterocycles. The third kappa shape index (κ3) is 5.43. The minimum Gasteiger partial charge on any atom is -0.355 e. The van der Waals surface area contributed by atoms with Crippen LogP contribution in [0.4, 0.5) is 13.2 Å². The number of likely N-dealkylation sites (N-methyl/N-ethyl adjacent to an activating group) is 1. The van der Waals surface area contributed by atoms with E-state index in [1.54, 1.807) is 12.4 Å². The van der Waals surface area contributed by atoms with Gasteiger partial charge in [0.15, 0.2) is 5.58 Å². The van der Waals surface area contributed by atoms with E-state index in [9.17, 15) is 13.2 Å². The lowest BCUT2D eigenvalue weighted by Crippen LogP contribution is -2.43. The van der Waals surface area contributed by atoms with E-state index in [1.165, 1.54) is 12.1 Å². The van der Waals surface area contributed by atoms with Gasteiger partial charge in [0, 0.05) is 49.9 Å². The summed E-state index contributed by atoms with van der Waals surface area (Å²) in [4.78, 5) is 8.77. The van der Waals surface area contributed by atoms with Crippen LogP contribution >= 0.6 is 0 Å². The summed E-state index contributed by atoms with van der Waals surface area (Å²) in [6, 6.07) is 9.97. The molecular weight excluding hydrogens is 517 g/mol. The Morgan fingerprint density at radius 2 is 1.80 bits per heavy atom. The van der Waals surface area contributed by atoms with Crippen molar-refractivity contribution in [2.24, 2.45) is 0 Å². The number of aryl methyl sites for hydroxylation is 1. The highest BCUT2D eigenvalue weighted by molar-refractivity contribution is 5.86. The largest absolute Gasteiger partial charge is 0.416 e. The van der Waals surface area contributed by atoms with Gasteiger partial charge in [0.25, 0.3) is 0 Å². The lowest BCUT2D eigenvalue weighted by atomic mass is 9.98. The Kier molecular flexibility index (Phi) is 6.78. The number of nitrogens with one attached hydrogen (secondary N) is 1. The molecule has 0 spiro atoms. The molecule has 7 nitrogen and oxygen atoms in total. The van der Waals surface area contributed by atoms with E-state index in [1.807, 2.05) is 31.2 Å². The topological polar surface area (TPSA) is 74.1 Å². The maximum atomic E-state index is 13.8. The fraction of sp³-hybridized carbons (Fsp3) is 0.300. The lowest BCUT2D eigenvalue weighted by molar-refractivity contribution is -0.137. The summed E-state index contributed by atoms with van der Waals surface area (Å²) >= 11 is 0. The first-order chi connectivity index (χ1) is 19.2. The molecule has 6 rings (SSSR count). The molecule has 0 amide bonds. The Balaban J connectivity index is 1.31. The van der Waals surface area contributed by atoms with Crippen molar-refractivity contribution >= 4 is 21.9 Å². The van der Waals surface area contributed by atoms with Crippen molar-refractivity contribution in [3.63, 3.8) is 0 Å². The quantitative estimate of drug-likeness (QED) is 0.315. The van der Waals surface area contributed by atoms with Crippen LogP contribution in [-0.2, 0) is 19.1 Å². The second kappa shape index (κ2) is 10.4. The summed E-state index contributed by atoms with van der Waals surface area (Å²) in [5, 5.41) is 12.8. The summed E-state index contributed by atoms with van der Waals surface area (Å²) in [6.45, 7) is 5.84. The summed E-state index contributed by atoms with van der Waals surface area (Å²) in [5.41, 5.74) is 4.60. The molecule has 1 aliphatic heterocycles. The van der Waals surface area contributed by atoms with Crippen LogP contribution in [-0.4, -0.2) is 63.4 Å². The van der Waals surface area contributed by atoms with Gasteiger partial charge in [-0.1, -0.05) is 23.2 Å². The van der Waals surface area contributed by atoms with Gasteiger partial charge in [-0.25, -0.2) is 4.98 Å². The molecule has 5 aromatic rings. The molecule has 0 radical (unpaired) electrons. The number of halogens is 3. The Morgan fingerprint density at radius 3 is 2.60 bits per heavy atom. The van der Waals surface area contributed by atoms with Crippen molar-refractivity contribution in [1.82, 2.24) is 30.1 Å². The number of pyridine rings is 1. The van der Waals surface area contributed by atoms with Gasteiger partial charge in [-0.2, -0.15) is 18.3 Å². The highest BCUT2D eigenvalue weighted by Crippen LogP contribution is 2.33. The maximum absolute atomic E-state index is 13.8. The zero-order chi connectivity index (χ0) is 27.9. The first-order valence-corrected chi connectivity index (χ1v) is 13.0. The zero-order valence-corrected chi connectivity index (χ0v) is 22.1. The van der Waals surface area contributed by atoms with Crippen molar-refractivity contribution < 1.29 is 17.7 Å². The van der Waals surface area contributed by atoms with Gasteiger partial charge in [-0.3, -0.25) is 10.00 Å². The Hall–Kier alpha value is -4.20. The van der Waals surface area contributed by atoms with Gasteiger partial charge < -0.3 is 9.42 Å². The molecule has 1 aliphatic rings. The summed E-state index contributed by atoms with van der Waals surface area (Å²) in [5.74, 6) is 6.24. The van der Waals surface area contributed by atoms with Gasteiger partial charge in [0.2, 0.25) is 0 Å². The van der Waals surface area contributed by atoms with Crippen molar-refractivity contribution in [3.05, 3.63) is 88.0 Å². The Bertz CT molecular complexity index is 1750. The van der Waals surface area contributed by atoms with Crippen LogP contribution in [0.2, 0.25) is 0 Å². The molecular formula is C30H27F3N6O. The van der Waals surface area contributed by atoms with E-state index in [2.05, 4.69) is 49.0 Å². The number of benzene rings is 2. The van der Waals surface area contributed by atoms with E-state index >= 15 is 0 Å². The minimum atomic E-state index is -4.44. The van der Waals surface area contributed by atoms with Crippen LogP contribution < -0.4 is 0 Å². The fourth-order valence-electron chi connectivity index (χ4n) is 5.05. The summed E-state index contributed by atoms with van der Waals surface area (Å²) in [6.07, 6.45) is -0.839. The second-order valence-electron chi connectivity index (χ2n) is 10.3. The molecule has 4 heterocycles. The number of rotatable bonds is 4. The number of hydrogen-bond acceptors (Lipinski definition) is 6. The molecule has 3 aromatic heterocycles. The number of hydrogen-bond donors (Lipinski definition) is 1. The predicted octanol–water partition coefficient (Wildman–Crippen LogP) is 5.16. The SMILES string of the molecule is Cc1ccc2c(Cc3cc(CN4CCN(C)CC4)cc(C(F)(F)F)c3)noc2c1C#Cc1cc2cn[nH]c2cn1. The Morgan fingerprint density at radius 1 is 1.00 bits per heavy atom. The van der Waals surface area contributed by atoms with Crippen molar-refractivity contribution in [1.29, 1.82) is 0 Å². The highest BCUT2D eigenvalue weighted by Gasteiger charge is 2.31. The normalized spacial score (nSPS) is 15.0. The van der Waals surface area contributed by atoms with Crippen LogP contribution in [0.25, 0.3) is 21.9 Å². The standard InChI is InChI=1S/C30H27F3N6O/c1-19-3-5-26-27(37-40-29(26)25(19)6-4-24-15-22-16-35-36-28(22)17-34-24)14-20-11-21(13-23(12-20)30(31,32)33)18-39-9-7-38(2)8-10-39/h3,5,11-13,15-17H,7-10,14,18H2,1-2H3,(H,35,36). The number of piperazine rings is 1. The number of fused-ring (bicyclic) bond motifs is 2. The fourth-order valence-corrected chi connectivity index (χ4v) is 5.05. The van der Waals surface area contributed by atoms with E-state index in [0.717, 1.165) is 48.0 Å². The average molecular weight is 545 g/mol. The molecule has 0 unspecified atom stereocenters. The van der Waals surface area contributed by atoms with Crippen molar-refractivity contribution in [3.8, 4) is 11.8 Å². The number of alkyl halides is 3. The minimum absolute atomic E-state index is 0.210. The monoisotopic (exact) mass is 544 g/mol. The number of aromatic nitrogens is 4. The van der Waals surface area contributed by atoms with Gasteiger partial charge in [0.1, 0.15) is 5.69 Å². The van der Waals surface area contributed by atoms with Crippen LogP contribution in [0.5, 0.6) is 0 Å². The maximum Gasteiger partial charge on any atom is 0.416 e. The van der Waals surface area contributed by atoms with E-state index in [-0.39, 0.29) is 6.42 Å². The van der Waals surface area contributed by atoms with Crippen LogP contribution in [0.15, 0.2) is 53.3 Å². The van der Waals surface area contributed by atoms with Crippen LogP contribution in [0, 0.1) is 18.8 Å². The molecule has 204 valence electrons. The molecule has 0 bridgehead atoms. The average Bonchev–Trinajstić information content (AvgIpc) is 3.55. The van der Waals surface area contributed by atoms with Gasteiger partial charge in [-0.05, 0) is 60.8 Å². The molecule has 0 saturated carbocycles. The van der Waals surface area contributed by atoms with Crippen LogP contribution in [0.3, 0.4) is 0 Å². The number of H-pyrrole nitrogens is 1. The zero-order valence-electron chi connectivity index (χ0n) is 22.1.